The van der Waals surface area contributed by atoms with Gasteiger partial charge in [-0.2, -0.15) is 0 Å². The van der Waals surface area contributed by atoms with Crippen LogP contribution in [-0.2, 0) is 16.0 Å². The fourth-order valence-electron chi connectivity index (χ4n) is 6.53. The summed E-state index contributed by atoms with van der Waals surface area (Å²) in [6, 6.07) is 6.61. The van der Waals surface area contributed by atoms with E-state index < -0.39 is 5.60 Å². The number of fused-ring (bicyclic) bond motifs is 5. The Labute approximate surface area is 162 Å². The van der Waals surface area contributed by atoms with Crippen LogP contribution in [0.25, 0.3) is 0 Å². The van der Waals surface area contributed by atoms with Gasteiger partial charge in [-0.15, -0.1) is 5.92 Å². The van der Waals surface area contributed by atoms with Crippen molar-refractivity contribution in [2.45, 2.75) is 70.8 Å². The van der Waals surface area contributed by atoms with Gasteiger partial charge in [-0.1, -0.05) is 18.9 Å². The van der Waals surface area contributed by atoms with E-state index in [-0.39, 0.29) is 11.4 Å². The molecule has 0 spiro atoms. The zero-order valence-corrected chi connectivity index (χ0v) is 16.9. The number of rotatable bonds is 2. The summed E-state index contributed by atoms with van der Waals surface area (Å²) in [5.74, 6) is 9.00. The summed E-state index contributed by atoms with van der Waals surface area (Å²) in [6.07, 6.45) is 6.50. The number of benzene rings is 1. The Morgan fingerprint density at radius 3 is 2.74 bits per heavy atom. The Hall–Kier alpha value is -1.95. The maximum Gasteiger partial charge on any atom is 0.304 e. The van der Waals surface area contributed by atoms with Gasteiger partial charge in [0.25, 0.3) is 0 Å². The van der Waals surface area contributed by atoms with Crippen molar-refractivity contribution < 1.29 is 14.3 Å². The molecule has 0 saturated heterocycles. The van der Waals surface area contributed by atoms with E-state index in [1.165, 1.54) is 24.5 Å². The lowest BCUT2D eigenvalue weighted by Crippen LogP contribution is -2.52. The van der Waals surface area contributed by atoms with E-state index in [4.69, 9.17) is 9.47 Å². The average Bonchev–Trinajstić information content (AvgIpc) is 2.93. The Balaban J connectivity index is 1.69. The third kappa shape index (κ3) is 2.68. The second-order valence-electron chi connectivity index (χ2n) is 8.77. The van der Waals surface area contributed by atoms with Crippen molar-refractivity contribution in [3.05, 3.63) is 29.3 Å². The largest absolute Gasteiger partial charge is 0.497 e. The molecule has 0 N–H and O–H groups in total. The van der Waals surface area contributed by atoms with Crippen molar-refractivity contribution in [3.63, 3.8) is 0 Å². The van der Waals surface area contributed by atoms with Gasteiger partial charge in [0.15, 0.2) is 5.60 Å². The lowest BCUT2D eigenvalue weighted by Gasteiger charge is -2.52. The van der Waals surface area contributed by atoms with Crippen LogP contribution in [-0.4, -0.2) is 18.7 Å². The molecular formula is C24H30O3. The molecule has 0 unspecified atom stereocenters. The summed E-state index contributed by atoms with van der Waals surface area (Å²) in [4.78, 5) is 11.9. The molecule has 2 fully saturated rings. The third-order valence-electron chi connectivity index (χ3n) is 7.70. The van der Waals surface area contributed by atoms with Gasteiger partial charge in [-0.25, -0.2) is 0 Å². The van der Waals surface area contributed by atoms with Gasteiger partial charge >= 0.3 is 5.97 Å². The van der Waals surface area contributed by atoms with Crippen molar-refractivity contribution in [3.8, 4) is 17.6 Å². The second kappa shape index (κ2) is 6.59. The van der Waals surface area contributed by atoms with Gasteiger partial charge in [-0.05, 0) is 86.5 Å². The summed E-state index contributed by atoms with van der Waals surface area (Å²) in [7, 11) is 1.74. The summed E-state index contributed by atoms with van der Waals surface area (Å²) < 4.78 is 11.4. The molecule has 3 heteroatoms. The maximum absolute atomic E-state index is 11.9. The van der Waals surface area contributed by atoms with Crippen LogP contribution in [0.4, 0.5) is 0 Å². The fourth-order valence-corrected chi connectivity index (χ4v) is 6.53. The summed E-state index contributed by atoms with van der Waals surface area (Å²) in [5, 5.41) is 0. The maximum atomic E-state index is 11.9. The van der Waals surface area contributed by atoms with E-state index in [9.17, 15) is 4.79 Å². The molecule has 144 valence electrons. The van der Waals surface area contributed by atoms with Gasteiger partial charge in [0.2, 0.25) is 0 Å². The highest BCUT2D eigenvalue weighted by Crippen LogP contribution is 2.65. The standard InChI is InChI=1S/C24H30O3/c1-5-12-24(27-16(2)25)14-11-22-21-8-6-17-15-18(26-4)7-9-19(17)20(21)10-13-23(22,24)3/h7,9,15,20-22H,6,8,10-11,13-14H2,1-4H3/t20-,21-,22+,23+,24+/m1/s1. The smallest absolute Gasteiger partial charge is 0.304 e. The Bertz CT molecular complexity index is 817. The van der Waals surface area contributed by atoms with Crippen LogP contribution >= 0.6 is 0 Å². The Morgan fingerprint density at radius 1 is 1.22 bits per heavy atom. The van der Waals surface area contributed by atoms with Crippen LogP contribution in [0, 0.1) is 29.1 Å². The average molecular weight is 367 g/mol. The molecule has 5 atom stereocenters. The molecule has 0 aromatic heterocycles. The van der Waals surface area contributed by atoms with E-state index >= 15 is 0 Å². The third-order valence-corrected chi connectivity index (χ3v) is 7.70. The van der Waals surface area contributed by atoms with Crippen molar-refractivity contribution >= 4 is 5.97 Å². The number of hydrogen-bond acceptors (Lipinski definition) is 3. The van der Waals surface area contributed by atoms with Crippen LogP contribution in [0.2, 0.25) is 0 Å². The van der Waals surface area contributed by atoms with Crippen molar-refractivity contribution in [1.82, 2.24) is 0 Å². The quantitative estimate of drug-likeness (QED) is 0.553. The van der Waals surface area contributed by atoms with Crippen LogP contribution in [0.1, 0.15) is 69.9 Å². The molecule has 0 radical (unpaired) electrons. The first-order valence-corrected chi connectivity index (χ1v) is 10.2. The minimum absolute atomic E-state index is 0.0488. The molecule has 0 amide bonds. The van der Waals surface area contributed by atoms with Gasteiger partial charge < -0.3 is 9.47 Å². The van der Waals surface area contributed by atoms with E-state index in [2.05, 4.69) is 37.0 Å². The molecular weight excluding hydrogens is 336 g/mol. The van der Waals surface area contributed by atoms with Crippen molar-refractivity contribution in [1.29, 1.82) is 0 Å². The van der Waals surface area contributed by atoms with E-state index in [0.717, 1.165) is 37.9 Å². The number of carbonyl (C=O) groups excluding carboxylic acids is 1. The SMILES string of the molecule is CC#C[C@]1(OC(C)=O)CC[C@H]2[C@@H]3CCc4cc(OC)ccc4[C@H]3CC[C@@]21C. The molecule has 0 bridgehead atoms. The van der Waals surface area contributed by atoms with E-state index in [1.54, 1.807) is 7.11 Å². The Morgan fingerprint density at radius 2 is 2.04 bits per heavy atom. The number of hydrogen-bond donors (Lipinski definition) is 0. The zero-order chi connectivity index (χ0) is 19.2. The number of carbonyl (C=O) groups is 1. The first-order valence-electron chi connectivity index (χ1n) is 10.2. The molecule has 3 aliphatic carbocycles. The number of methoxy groups -OCH3 is 1. The summed E-state index contributed by atoms with van der Waals surface area (Å²) in [5.41, 5.74) is 2.31. The van der Waals surface area contributed by atoms with Crippen molar-refractivity contribution in [2.24, 2.45) is 17.3 Å². The van der Waals surface area contributed by atoms with Crippen molar-refractivity contribution in [2.75, 3.05) is 7.11 Å². The summed E-state index contributed by atoms with van der Waals surface area (Å²) in [6.45, 7) is 5.71. The second-order valence-corrected chi connectivity index (χ2v) is 8.77. The first-order chi connectivity index (χ1) is 12.9. The van der Waals surface area contributed by atoms with Gasteiger partial charge in [-0.3, -0.25) is 4.79 Å². The molecule has 2 saturated carbocycles. The van der Waals surface area contributed by atoms with Crippen LogP contribution < -0.4 is 4.74 Å². The number of esters is 1. The van der Waals surface area contributed by atoms with E-state index in [0.29, 0.717) is 17.8 Å². The predicted molar refractivity (Wildman–Crippen MR) is 106 cm³/mol. The molecule has 1 aromatic rings. The van der Waals surface area contributed by atoms with Gasteiger partial charge in [0, 0.05) is 12.3 Å². The lowest BCUT2D eigenvalue weighted by molar-refractivity contribution is -0.165. The highest BCUT2D eigenvalue weighted by atomic mass is 16.6. The van der Waals surface area contributed by atoms with Gasteiger partial charge in [0.05, 0.1) is 7.11 Å². The van der Waals surface area contributed by atoms with Gasteiger partial charge in [0.1, 0.15) is 5.75 Å². The lowest BCUT2D eigenvalue weighted by atomic mass is 9.53. The fraction of sp³-hybridized carbons (Fsp3) is 0.625. The molecule has 3 aliphatic rings. The normalized spacial score (nSPS) is 36.5. The molecule has 3 nitrogen and oxygen atoms in total. The predicted octanol–water partition coefficient (Wildman–Crippen LogP) is 4.88. The molecule has 27 heavy (non-hydrogen) atoms. The van der Waals surface area contributed by atoms with Crippen LogP contribution in [0.15, 0.2) is 18.2 Å². The van der Waals surface area contributed by atoms with E-state index in [1.807, 2.05) is 6.92 Å². The zero-order valence-electron chi connectivity index (χ0n) is 16.9. The van der Waals surface area contributed by atoms with Crippen LogP contribution in [0.5, 0.6) is 5.75 Å². The van der Waals surface area contributed by atoms with Crippen LogP contribution in [0.3, 0.4) is 0 Å². The highest BCUT2D eigenvalue weighted by Gasteiger charge is 2.63. The Kier molecular flexibility index (Phi) is 4.49. The monoisotopic (exact) mass is 366 g/mol. The highest BCUT2D eigenvalue weighted by molar-refractivity contribution is 5.67. The number of aryl methyl sites for hydroxylation is 1. The topological polar surface area (TPSA) is 35.5 Å². The minimum Gasteiger partial charge on any atom is -0.497 e. The summed E-state index contributed by atoms with van der Waals surface area (Å²) >= 11 is 0. The minimum atomic E-state index is -0.608. The molecule has 0 heterocycles. The molecule has 1 aromatic carbocycles. The molecule has 0 aliphatic heterocycles. The molecule has 4 rings (SSSR count). The number of ether oxygens (including phenoxy) is 2. The first kappa shape index (κ1) is 18.4.